The van der Waals surface area contributed by atoms with E-state index >= 15 is 0 Å². The Bertz CT molecular complexity index is 316. The van der Waals surface area contributed by atoms with E-state index in [0.717, 1.165) is 0 Å². The van der Waals surface area contributed by atoms with Crippen LogP contribution in [0.2, 0.25) is 0 Å². The standard InChI is InChI=1S/C10H13F3N2O/c11-10(12,13)9(14)15-8(6-16)7-4-2-1-3-5-7/h1-5,8-9,15-16H,6,14H2/t8-,9-/m0/s1. The Morgan fingerprint density at radius 1 is 1.25 bits per heavy atom. The molecule has 1 rings (SSSR count). The molecule has 6 heteroatoms. The van der Waals surface area contributed by atoms with Gasteiger partial charge < -0.3 is 10.8 Å². The van der Waals surface area contributed by atoms with Gasteiger partial charge in [-0.15, -0.1) is 0 Å². The van der Waals surface area contributed by atoms with Gasteiger partial charge in [-0.1, -0.05) is 30.3 Å². The summed E-state index contributed by atoms with van der Waals surface area (Å²) in [6.07, 6.45) is -6.67. The molecule has 0 heterocycles. The number of nitrogens with one attached hydrogen (secondary N) is 1. The fourth-order valence-electron chi connectivity index (χ4n) is 1.25. The number of alkyl halides is 3. The summed E-state index contributed by atoms with van der Waals surface area (Å²) in [4.78, 5) is 0. The molecule has 0 spiro atoms. The highest BCUT2D eigenvalue weighted by Gasteiger charge is 2.37. The van der Waals surface area contributed by atoms with Gasteiger partial charge in [0.25, 0.3) is 0 Å². The van der Waals surface area contributed by atoms with Gasteiger partial charge in [-0.05, 0) is 5.56 Å². The van der Waals surface area contributed by atoms with Crippen molar-refractivity contribution in [3.8, 4) is 0 Å². The van der Waals surface area contributed by atoms with E-state index in [0.29, 0.717) is 5.56 Å². The van der Waals surface area contributed by atoms with Crippen LogP contribution < -0.4 is 11.1 Å². The van der Waals surface area contributed by atoms with Crippen LogP contribution in [0.4, 0.5) is 13.2 Å². The molecule has 1 aromatic rings. The van der Waals surface area contributed by atoms with Crippen LogP contribution in [-0.2, 0) is 0 Å². The van der Waals surface area contributed by atoms with Gasteiger partial charge in [-0.2, -0.15) is 13.2 Å². The lowest BCUT2D eigenvalue weighted by atomic mass is 10.1. The van der Waals surface area contributed by atoms with Crippen molar-refractivity contribution in [3.05, 3.63) is 35.9 Å². The Kier molecular flexibility index (Phi) is 4.28. The summed E-state index contributed by atoms with van der Waals surface area (Å²) < 4.78 is 36.6. The Balaban J connectivity index is 2.70. The fourth-order valence-corrected chi connectivity index (χ4v) is 1.25. The lowest BCUT2D eigenvalue weighted by Gasteiger charge is -2.23. The van der Waals surface area contributed by atoms with Crippen LogP contribution >= 0.6 is 0 Å². The summed E-state index contributed by atoms with van der Waals surface area (Å²) in [5.41, 5.74) is 5.48. The van der Waals surface area contributed by atoms with E-state index in [-0.39, 0.29) is 0 Å². The third kappa shape index (κ3) is 3.48. The lowest BCUT2D eigenvalue weighted by molar-refractivity contribution is -0.157. The molecular formula is C10H13F3N2O. The van der Waals surface area contributed by atoms with Gasteiger partial charge in [-0.3, -0.25) is 5.32 Å². The second-order valence-electron chi connectivity index (χ2n) is 3.33. The van der Waals surface area contributed by atoms with E-state index in [1.165, 1.54) is 0 Å². The van der Waals surface area contributed by atoms with Crippen molar-refractivity contribution in [3.63, 3.8) is 0 Å². The van der Waals surface area contributed by atoms with Crippen molar-refractivity contribution in [2.45, 2.75) is 18.4 Å². The highest BCUT2D eigenvalue weighted by molar-refractivity contribution is 5.19. The molecule has 1 aromatic carbocycles. The number of halogens is 3. The minimum atomic E-state index is -4.53. The van der Waals surface area contributed by atoms with Gasteiger partial charge in [0.1, 0.15) is 0 Å². The van der Waals surface area contributed by atoms with Crippen LogP contribution in [0.3, 0.4) is 0 Å². The molecule has 0 bridgehead atoms. The molecule has 2 atom stereocenters. The Labute approximate surface area is 91.1 Å². The van der Waals surface area contributed by atoms with Gasteiger partial charge in [0.2, 0.25) is 0 Å². The number of aliphatic hydroxyl groups is 1. The first kappa shape index (κ1) is 13.0. The van der Waals surface area contributed by atoms with E-state index in [9.17, 15) is 13.2 Å². The van der Waals surface area contributed by atoms with Crippen LogP contribution in [0.25, 0.3) is 0 Å². The first-order valence-corrected chi connectivity index (χ1v) is 4.69. The molecule has 0 unspecified atom stereocenters. The number of benzene rings is 1. The second kappa shape index (κ2) is 5.29. The van der Waals surface area contributed by atoms with Gasteiger partial charge in [0.15, 0.2) is 6.17 Å². The monoisotopic (exact) mass is 234 g/mol. The smallest absolute Gasteiger partial charge is 0.394 e. The zero-order valence-corrected chi connectivity index (χ0v) is 8.41. The molecular weight excluding hydrogens is 221 g/mol. The predicted octanol–water partition coefficient (Wildman–Crippen LogP) is 1.16. The minimum Gasteiger partial charge on any atom is -0.394 e. The number of hydrogen-bond donors (Lipinski definition) is 3. The van der Waals surface area contributed by atoms with E-state index in [1.807, 2.05) is 0 Å². The van der Waals surface area contributed by atoms with Crippen molar-refractivity contribution in [2.24, 2.45) is 5.73 Å². The Morgan fingerprint density at radius 2 is 1.81 bits per heavy atom. The molecule has 0 saturated heterocycles. The molecule has 0 saturated carbocycles. The Hall–Kier alpha value is -1.11. The zero-order valence-electron chi connectivity index (χ0n) is 8.41. The lowest BCUT2D eigenvalue weighted by Crippen LogP contribution is -2.51. The molecule has 4 N–H and O–H groups in total. The summed E-state index contributed by atoms with van der Waals surface area (Å²) in [5, 5.41) is 11.1. The highest BCUT2D eigenvalue weighted by atomic mass is 19.4. The number of hydrogen-bond acceptors (Lipinski definition) is 3. The molecule has 0 aromatic heterocycles. The van der Waals surface area contributed by atoms with E-state index in [4.69, 9.17) is 10.8 Å². The average Bonchev–Trinajstić information content (AvgIpc) is 2.25. The van der Waals surface area contributed by atoms with Crippen molar-refractivity contribution in [2.75, 3.05) is 6.61 Å². The minimum absolute atomic E-state index is 0.451. The summed E-state index contributed by atoms with van der Waals surface area (Å²) >= 11 is 0. The van der Waals surface area contributed by atoms with Gasteiger partial charge in [-0.25, -0.2) is 0 Å². The van der Waals surface area contributed by atoms with Crippen LogP contribution in [0.5, 0.6) is 0 Å². The third-order valence-corrected chi connectivity index (χ3v) is 2.12. The van der Waals surface area contributed by atoms with Crippen molar-refractivity contribution in [1.29, 1.82) is 0 Å². The van der Waals surface area contributed by atoms with Crippen molar-refractivity contribution >= 4 is 0 Å². The fraction of sp³-hybridized carbons (Fsp3) is 0.400. The SMILES string of the molecule is N[C@@H](N[C@@H](CO)c1ccccc1)C(F)(F)F. The van der Waals surface area contributed by atoms with Crippen LogP contribution in [0, 0.1) is 0 Å². The Morgan fingerprint density at radius 3 is 2.25 bits per heavy atom. The molecule has 0 fully saturated rings. The maximum atomic E-state index is 12.2. The van der Waals surface area contributed by atoms with E-state index in [2.05, 4.69) is 5.32 Å². The molecule has 0 amide bonds. The first-order valence-electron chi connectivity index (χ1n) is 4.69. The second-order valence-corrected chi connectivity index (χ2v) is 3.33. The number of nitrogens with two attached hydrogens (primary N) is 1. The summed E-state index contributed by atoms with van der Waals surface area (Å²) in [6.45, 7) is -0.451. The van der Waals surface area contributed by atoms with Crippen LogP contribution in [-0.4, -0.2) is 24.1 Å². The highest BCUT2D eigenvalue weighted by Crippen LogP contribution is 2.20. The number of rotatable bonds is 4. The van der Waals surface area contributed by atoms with E-state index < -0.39 is 25.0 Å². The molecule has 16 heavy (non-hydrogen) atoms. The topological polar surface area (TPSA) is 58.3 Å². The largest absolute Gasteiger partial charge is 0.416 e. The van der Waals surface area contributed by atoms with Crippen LogP contribution in [0.15, 0.2) is 30.3 Å². The van der Waals surface area contributed by atoms with Crippen LogP contribution in [0.1, 0.15) is 11.6 Å². The van der Waals surface area contributed by atoms with Gasteiger partial charge in [0.05, 0.1) is 12.6 Å². The quantitative estimate of drug-likeness (QED) is 0.685. The molecule has 0 radical (unpaired) electrons. The van der Waals surface area contributed by atoms with E-state index in [1.54, 1.807) is 30.3 Å². The molecule has 0 aliphatic rings. The van der Waals surface area contributed by atoms with Crippen molar-refractivity contribution in [1.82, 2.24) is 5.32 Å². The molecule has 3 nitrogen and oxygen atoms in total. The van der Waals surface area contributed by atoms with Gasteiger partial charge >= 0.3 is 6.18 Å². The molecule has 0 aliphatic heterocycles. The summed E-state index contributed by atoms with van der Waals surface area (Å²) in [7, 11) is 0. The average molecular weight is 234 g/mol. The summed E-state index contributed by atoms with van der Waals surface area (Å²) in [5.74, 6) is 0. The summed E-state index contributed by atoms with van der Waals surface area (Å²) in [6, 6.07) is 7.52. The molecule has 0 aliphatic carbocycles. The van der Waals surface area contributed by atoms with Crippen molar-refractivity contribution < 1.29 is 18.3 Å². The predicted molar refractivity (Wildman–Crippen MR) is 53.4 cm³/mol. The van der Waals surface area contributed by atoms with Gasteiger partial charge in [0, 0.05) is 0 Å². The third-order valence-electron chi connectivity index (χ3n) is 2.12. The zero-order chi connectivity index (χ0) is 12.2. The first-order chi connectivity index (χ1) is 7.45. The molecule has 90 valence electrons. The number of aliphatic hydroxyl groups excluding tert-OH is 1. The maximum Gasteiger partial charge on any atom is 0.416 e. The normalized spacial score (nSPS) is 15.8. The maximum absolute atomic E-state index is 12.2.